The molecule has 5 nitrogen and oxygen atoms in total. The first kappa shape index (κ1) is 21.2. The van der Waals surface area contributed by atoms with Crippen molar-refractivity contribution in [2.45, 2.75) is 58.8 Å². The quantitative estimate of drug-likeness (QED) is 0.595. The molecule has 29 heavy (non-hydrogen) atoms. The van der Waals surface area contributed by atoms with Gasteiger partial charge in [0.15, 0.2) is 0 Å². The summed E-state index contributed by atoms with van der Waals surface area (Å²) in [6, 6.07) is 3.94. The summed E-state index contributed by atoms with van der Waals surface area (Å²) in [6.07, 6.45) is 2.72. The molecule has 0 aromatic heterocycles. The molecule has 154 valence electrons. The first-order chi connectivity index (χ1) is 13.6. The Morgan fingerprint density at radius 2 is 1.97 bits per heavy atom. The molecule has 1 aliphatic heterocycles. The Morgan fingerprint density at radius 3 is 2.62 bits per heavy atom. The highest BCUT2D eigenvalue weighted by molar-refractivity contribution is 6.84. The Morgan fingerprint density at radius 1 is 1.24 bits per heavy atom. The molecule has 2 aliphatic rings. The van der Waals surface area contributed by atoms with Crippen LogP contribution in [0.2, 0.25) is 19.6 Å². The van der Waals surface area contributed by atoms with Gasteiger partial charge in [-0.05, 0) is 62.3 Å². The van der Waals surface area contributed by atoms with Crippen LogP contribution >= 0.6 is 0 Å². The maximum atomic E-state index is 12.3. The number of nitrogens with two attached hydrogens (primary N) is 1. The van der Waals surface area contributed by atoms with Crippen LogP contribution in [-0.2, 0) is 11.2 Å². The van der Waals surface area contributed by atoms with E-state index < -0.39 is 8.07 Å². The molecule has 0 radical (unpaired) electrons. The number of carbonyl (C=O) groups is 2. The molecule has 1 aromatic rings. The van der Waals surface area contributed by atoms with Crippen LogP contribution in [0.15, 0.2) is 17.7 Å². The number of hydrogen-bond donors (Lipinski definition) is 2. The highest BCUT2D eigenvalue weighted by atomic mass is 28.3. The number of fused-ring (bicyclic) bond motifs is 1. The number of anilines is 1. The Kier molecular flexibility index (Phi) is 5.90. The van der Waals surface area contributed by atoms with Crippen LogP contribution in [0.1, 0.15) is 48.2 Å². The highest BCUT2D eigenvalue weighted by Gasteiger charge is 2.29. The highest BCUT2D eigenvalue weighted by Crippen LogP contribution is 2.41. The van der Waals surface area contributed by atoms with Gasteiger partial charge in [0, 0.05) is 35.9 Å². The number of benzene rings is 1. The van der Waals surface area contributed by atoms with Gasteiger partial charge in [-0.2, -0.15) is 0 Å². The summed E-state index contributed by atoms with van der Waals surface area (Å²) in [5.74, 6) is 2.23. The van der Waals surface area contributed by atoms with Gasteiger partial charge in [0.1, 0.15) is 8.07 Å². The van der Waals surface area contributed by atoms with Crippen LogP contribution in [0.4, 0.5) is 5.69 Å². The summed E-state index contributed by atoms with van der Waals surface area (Å²) < 4.78 is 0. The predicted octanol–water partition coefficient (Wildman–Crippen LogP) is 3.10. The standard InChI is InChI=1S/C23H31N3O2Si/c1-15-13-19-18(23(24)28)8-9-20(22(19)16(15)2)26-11-6-7-17(14-26)25-21(27)10-12-29(3,4)5/h8-9,17H,6-7,11,13-14H2,1-5H3,(H2,24,28)(H,25,27)/t17-/m0/s1. The monoisotopic (exact) mass is 409 g/mol. The van der Waals surface area contributed by atoms with Gasteiger partial charge in [-0.3, -0.25) is 9.59 Å². The maximum absolute atomic E-state index is 12.3. The third kappa shape index (κ3) is 4.73. The Hall–Kier alpha value is -2.52. The minimum Gasteiger partial charge on any atom is -0.369 e. The van der Waals surface area contributed by atoms with Gasteiger partial charge < -0.3 is 16.0 Å². The second-order valence-electron chi connectivity index (χ2n) is 9.19. The second-order valence-corrected chi connectivity index (χ2v) is 13.9. The van der Waals surface area contributed by atoms with Crippen molar-refractivity contribution < 1.29 is 9.59 Å². The number of nitrogens with zero attached hydrogens (tertiary/aromatic N) is 1. The summed E-state index contributed by atoms with van der Waals surface area (Å²) in [5.41, 5.74) is 15.2. The fraction of sp³-hybridized carbons (Fsp3) is 0.478. The molecule has 0 unspecified atom stereocenters. The number of rotatable bonds is 3. The molecule has 3 N–H and O–H groups in total. The first-order valence-electron chi connectivity index (χ1n) is 10.3. The molecule has 1 aromatic carbocycles. The van der Waals surface area contributed by atoms with Crippen molar-refractivity contribution in [3.05, 3.63) is 34.4 Å². The molecule has 0 bridgehead atoms. The molecule has 0 saturated carbocycles. The van der Waals surface area contributed by atoms with E-state index in [-0.39, 0.29) is 17.9 Å². The van der Waals surface area contributed by atoms with Crippen LogP contribution in [0, 0.1) is 11.5 Å². The molecule has 6 heteroatoms. The molecule has 1 fully saturated rings. The van der Waals surface area contributed by atoms with Crippen LogP contribution < -0.4 is 16.0 Å². The van der Waals surface area contributed by atoms with E-state index in [4.69, 9.17) is 5.73 Å². The predicted molar refractivity (Wildman–Crippen MR) is 121 cm³/mol. The molecule has 1 saturated heterocycles. The van der Waals surface area contributed by atoms with Gasteiger partial charge in [-0.25, -0.2) is 0 Å². The van der Waals surface area contributed by atoms with Gasteiger partial charge in [-0.1, -0.05) is 25.2 Å². The summed E-state index contributed by atoms with van der Waals surface area (Å²) in [6.45, 7) is 12.3. The lowest BCUT2D eigenvalue weighted by Crippen LogP contribution is -2.48. The van der Waals surface area contributed by atoms with E-state index in [1.165, 1.54) is 11.1 Å². The summed E-state index contributed by atoms with van der Waals surface area (Å²) in [5, 5.41) is 3.09. The third-order valence-corrected chi connectivity index (χ3v) is 6.54. The minimum atomic E-state index is -1.57. The van der Waals surface area contributed by atoms with E-state index >= 15 is 0 Å². The zero-order valence-corrected chi connectivity index (χ0v) is 19.1. The number of carbonyl (C=O) groups excluding carboxylic acids is 2. The Bertz CT molecular complexity index is 947. The van der Waals surface area contributed by atoms with Crippen molar-refractivity contribution in [1.82, 2.24) is 5.32 Å². The van der Waals surface area contributed by atoms with Gasteiger partial charge in [0.25, 0.3) is 5.91 Å². The van der Waals surface area contributed by atoms with Gasteiger partial charge in [0.05, 0.1) is 0 Å². The number of allylic oxidation sites excluding steroid dienone is 2. The van der Waals surface area contributed by atoms with Crippen LogP contribution in [0.25, 0.3) is 5.57 Å². The van der Waals surface area contributed by atoms with Crippen molar-refractivity contribution in [1.29, 1.82) is 0 Å². The van der Waals surface area contributed by atoms with Crippen molar-refractivity contribution in [2.24, 2.45) is 5.73 Å². The van der Waals surface area contributed by atoms with Gasteiger partial charge in [0.2, 0.25) is 5.91 Å². The molecular formula is C23H31N3O2Si. The normalized spacial score (nSPS) is 18.8. The number of hydrogen-bond acceptors (Lipinski definition) is 3. The first-order valence-corrected chi connectivity index (χ1v) is 13.8. The molecule has 1 aliphatic carbocycles. The van der Waals surface area contributed by atoms with Crippen LogP contribution in [0.5, 0.6) is 0 Å². The smallest absolute Gasteiger partial charge is 0.295 e. The number of nitrogens with one attached hydrogen (secondary N) is 1. The number of primary amides is 1. The summed E-state index contributed by atoms with van der Waals surface area (Å²) in [4.78, 5) is 26.5. The topological polar surface area (TPSA) is 75.4 Å². The van der Waals surface area contributed by atoms with E-state index in [2.05, 4.69) is 55.2 Å². The van der Waals surface area contributed by atoms with Crippen molar-refractivity contribution >= 4 is 31.1 Å². The maximum Gasteiger partial charge on any atom is 0.295 e. The van der Waals surface area contributed by atoms with E-state index in [9.17, 15) is 9.59 Å². The third-order valence-electron chi connectivity index (χ3n) is 5.66. The van der Waals surface area contributed by atoms with E-state index in [0.29, 0.717) is 5.56 Å². The Labute approximate surface area is 174 Å². The zero-order chi connectivity index (χ0) is 21.3. The van der Waals surface area contributed by atoms with Gasteiger partial charge >= 0.3 is 0 Å². The molecule has 0 spiro atoms. The molecule has 1 heterocycles. The lowest BCUT2D eigenvalue weighted by molar-refractivity contribution is -0.116. The second kappa shape index (κ2) is 8.07. The average Bonchev–Trinajstić information content (AvgIpc) is 2.94. The zero-order valence-electron chi connectivity index (χ0n) is 18.1. The fourth-order valence-corrected chi connectivity index (χ4v) is 4.61. The largest absolute Gasteiger partial charge is 0.369 e. The average molecular weight is 410 g/mol. The molecule has 3 rings (SSSR count). The van der Waals surface area contributed by atoms with Crippen LogP contribution in [0.3, 0.4) is 0 Å². The lowest BCUT2D eigenvalue weighted by atomic mass is 9.95. The fourth-order valence-electron chi connectivity index (χ4n) is 4.12. The lowest BCUT2D eigenvalue weighted by Gasteiger charge is -2.36. The SMILES string of the molecule is CC1=C(C)c2c(N3CCC[C@H](NC(=O)C#C[Si](C)(C)C)C3)ccc(C(N)=O)c2C1. The number of piperidine rings is 1. The van der Waals surface area contributed by atoms with Crippen molar-refractivity contribution in [2.75, 3.05) is 18.0 Å². The summed E-state index contributed by atoms with van der Waals surface area (Å²) in [7, 11) is -1.57. The van der Waals surface area contributed by atoms with E-state index in [1.807, 2.05) is 12.1 Å². The van der Waals surface area contributed by atoms with Crippen LogP contribution in [-0.4, -0.2) is 39.0 Å². The minimum absolute atomic E-state index is 0.0745. The molecule has 2 amide bonds. The van der Waals surface area contributed by atoms with Crippen molar-refractivity contribution in [3.63, 3.8) is 0 Å². The molecule has 1 atom stereocenters. The molecular weight excluding hydrogens is 378 g/mol. The Balaban J connectivity index is 1.83. The summed E-state index contributed by atoms with van der Waals surface area (Å²) >= 11 is 0. The van der Waals surface area contributed by atoms with Crippen molar-refractivity contribution in [3.8, 4) is 11.5 Å². The van der Waals surface area contributed by atoms with Gasteiger partial charge in [-0.15, -0.1) is 5.54 Å². The number of amides is 2. The van der Waals surface area contributed by atoms with E-state index in [1.54, 1.807) is 0 Å². The van der Waals surface area contributed by atoms with E-state index in [0.717, 1.165) is 49.2 Å².